The van der Waals surface area contributed by atoms with Gasteiger partial charge in [0.25, 0.3) is 0 Å². The minimum Gasteiger partial charge on any atom is -0.508 e. The first-order valence-corrected chi connectivity index (χ1v) is 5.68. The molecule has 2 nitrogen and oxygen atoms in total. The van der Waals surface area contributed by atoms with Gasteiger partial charge in [-0.1, -0.05) is 20.3 Å². The molecule has 0 aromatic heterocycles. The Morgan fingerprint density at radius 1 is 1.47 bits per heavy atom. The number of benzene rings is 1. The Morgan fingerprint density at radius 2 is 2.27 bits per heavy atom. The van der Waals surface area contributed by atoms with E-state index in [0.717, 1.165) is 12.4 Å². The van der Waals surface area contributed by atoms with E-state index >= 15 is 0 Å². The minimum absolute atomic E-state index is 0.340. The van der Waals surface area contributed by atoms with Gasteiger partial charge in [0.2, 0.25) is 0 Å². The average Bonchev–Trinajstić information content (AvgIpc) is 2.23. The molecule has 2 heteroatoms. The van der Waals surface area contributed by atoms with Crippen LogP contribution < -0.4 is 4.74 Å². The van der Waals surface area contributed by atoms with E-state index in [9.17, 15) is 5.11 Å². The van der Waals surface area contributed by atoms with Crippen LogP contribution in [0, 0.1) is 5.92 Å². The zero-order chi connectivity index (χ0) is 10.8. The summed E-state index contributed by atoms with van der Waals surface area (Å²) >= 11 is 0. The Hall–Kier alpha value is -1.18. The second kappa shape index (κ2) is 4.13. The maximum absolute atomic E-state index is 9.50. The van der Waals surface area contributed by atoms with Crippen LogP contribution in [-0.4, -0.2) is 11.7 Å². The van der Waals surface area contributed by atoms with Crippen molar-refractivity contribution in [2.75, 3.05) is 6.61 Å². The normalized spacial score (nSPS) is 24.4. The van der Waals surface area contributed by atoms with Crippen LogP contribution >= 0.6 is 0 Å². The molecule has 1 heterocycles. The fourth-order valence-corrected chi connectivity index (χ4v) is 2.35. The van der Waals surface area contributed by atoms with Gasteiger partial charge < -0.3 is 9.84 Å². The lowest BCUT2D eigenvalue weighted by Gasteiger charge is -2.31. The van der Waals surface area contributed by atoms with Crippen LogP contribution in [0.3, 0.4) is 0 Å². The van der Waals surface area contributed by atoms with Crippen LogP contribution in [-0.2, 0) is 0 Å². The van der Waals surface area contributed by atoms with Crippen molar-refractivity contribution in [2.45, 2.75) is 32.6 Å². The molecule has 0 spiro atoms. The van der Waals surface area contributed by atoms with Gasteiger partial charge in [0.15, 0.2) is 0 Å². The predicted octanol–water partition coefficient (Wildman–Crippen LogP) is 3.30. The molecular formula is C13H18O2. The van der Waals surface area contributed by atoms with Crippen molar-refractivity contribution < 1.29 is 9.84 Å². The smallest absolute Gasteiger partial charge is 0.123 e. The van der Waals surface area contributed by atoms with E-state index in [4.69, 9.17) is 4.74 Å². The lowest BCUT2D eigenvalue weighted by molar-refractivity contribution is 0.199. The summed E-state index contributed by atoms with van der Waals surface area (Å²) in [6.45, 7) is 5.21. The first-order chi connectivity index (χ1) is 7.22. The summed E-state index contributed by atoms with van der Waals surface area (Å²) in [7, 11) is 0. The van der Waals surface area contributed by atoms with E-state index in [1.165, 1.54) is 18.4 Å². The Morgan fingerprint density at radius 3 is 3.00 bits per heavy atom. The fourth-order valence-electron chi connectivity index (χ4n) is 2.35. The second-order valence-corrected chi connectivity index (χ2v) is 4.41. The monoisotopic (exact) mass is 206 g/mol. The quantitative estimate of drug-likeness (QED) is 0.804. The highest BCUT2D eigenvalue weighted by Crippen LogP contribution is 2.41. The van der Waals surface area contributed by atoms with E-state index in [1.54, 1.807) is 6.07 Å². The third kappa shape index (κ3) is 1.94. The van der Waals surface area contributed by atoms with Crippen molar-refractivity contribution in [1.29, 1.82) is 0 Å². The summed E-state index contributed by atoms with van der Waals surface area (Å²) in [6.07, 6.45) is 2.34. The molecule has 0 saturated carbocycles. The minimum atomic E-state index is 0.340. The predicted molar refractivity (Wildman–Crippen MR) is 60.4 cm³/mol. The molecule has 15 heavy (non-hydrogen) atoms. The van der Waals surface area contributed by atoms with Crippen LogP contribution in [0.5, 0.6) is 11.5 Å². The zero-order valence-electron chi connectivity index (χ0n) is 9.36. The number of ether oxygens (including phenoxy) is 1. The second-order valence-electron chi connectivity index (χ2n) is 4.41. The molecule has 2 rings (SSSR count). The van der Waals surface area contributed by atoms with Crippen LogP contribution in [0.1, 0.15) is 38.2 Å². The highest BCUT2D eigenvalue weighted by Gasteiger charge is 2.27. The van der Waals surface area contributed by atoms with E-state index < -0.39 is 0 Å². The molecule has 2 unspecified atom stereocenters. The number of phenolic OH excluding ortho intramolecular Hbond substituents is 1. The first kappa shape index (κ1) is 10.3. The van der Waals surface area contributed by atoms with Crippen LogP contribution in [0.4, 0.5) is 0 Å². The number of hydrogen-bond acceptors (Lipinski definition) is 2. The molecule has 1 aromatic rings. The number of phenols is 1. The molecule has 2 atom stereocenters. The molecule has 0 fully saturated rings. The summed E-state index contributed by atoms with van der Waals surface area (Å²) in [5.41, 5.74) is 1.18. The van der Waals surface area contributed by atoms with E-state index in [0.29, 0.717) is 17.6 Å². The van der Waals surface area contributed by atoms with E-state index in [1.807, 2.05) is 12.1 Å². The highest BCUT2D eigenvalue weighted by atomic mass is 16.5. The van der Waals surface area contributed by atoms with E-state index in [2.05, 4.69) is 13.8 Å². The average molecular weight is 206 g/mol. The molecule has 0 bridgehead atoms. The molecule has 1 N–H and O–H groups in total. The zero-order valence-corrected chi connectivity index (χ0v) is 9.36. The summed E-state index contributed by atoms with van der Waals surface area (Å²) < 4.78 is 5.66. The maximum Gasteiger partial charge on any atom is 0.123 e. The summed E-state index contributed by atoms with van der Waals surface area (Å²) in [5, 5.41) is 9.50. The number of rotatable bonds is 2. The number of aromatic hydroxyl groups is 1. The molecular weight excluding hydrogens is 188 g/mol. The summed E-state index contributed by atoms with van der Waals surface area (Å²) in [4.78, 5) is 0. The van der Waals surface area contributed by atoms with Crippen LogP contribution in [0.2, 0.25) is 0 Å². The Bertz CT molecular complexity index is 346. The topological polar surface area (TPSA) is 29.5 Å². The Kier molecular flexibility index (Phi) is 2.85. The Labute approximate surface area is 90.9 Å². The Balaban J connectivity index is 2.36. The highest BCUT2D eigenvalue weighted by molar-refractivity contribution is 5.43. The van der Waals surface area contributed by atoms with Gasteiger partial charge in [-0.25, -0.2) is 0 Å². The SMILES string of the molecule is CCCC1c2cc(O)ccc2OCC1C. The van der Waals surface area contributed by atoms with Gasteiger partial charge in [-0.2, -0.15) is 0 Å². The van der Waals surface area contributed by atoms with Crippen molar-refractivity contribution in [1.82, 2.24) is 0 Å². The van der Waals surface area contributed by atoms with Gasteiger partial charge >= 0.3 is 0 Å². The molecule has 1 aliphatic rings. The molecule has 0 amide bonds. The standard InChI is InChI=1S/C13H18O2/c1-3-4-11-9(2)8-15-13-6-5-10(14)7-12(11)13/h5-7,9,11,14H,3-4,8H2,1-2H3. The van der Waals surface area contributed by atoms with Gasteiger partial charge in [-0.3, -0.25) is 0 Å². The van der Waals surface area contributed by atoms with Gasteiger partial charge in [0, 0.05) is 5.56 Å². The lowest BCUT2D eigenvalue weighted by atomic mass is 9.82. The van der Waals surface area contributed by atoms with Crippen molar-refractivity contribution >= 4 is 0 Å². The number of hydrogen-bond donors (Lipinski definition) is 1. The maximum atomic E-state index is 9.50. The van der Waals surface area contributed by atoms with Crippen molar-refractivity contribution in [3.05, 3.63) is 23.8 Å². The van der Waals surface area contributed by atoms with Gasteiger partial charge in [0.05, 0.1) is 6.61 Å². The molecule has 1 aliphatic heterocycles. The molecule has 0 radical (unpaired) electrons. The van der Waals surface area contributed by atoms with Gasteiger partial charge in [-0.05, 0) is 36.5 Å². The fraction of sp³-hybridized carbons (Fsp3) is 0.538. The molecule has 82 valence electrons. The number of fused-ring (bicyclic) bond motifs is 1. The molecule has 0 saturated heterocycles. The van der Waals surface area contributed by atoms with Crippen molar-refractivity contribution in [3.63, 3.8) is 0 Å². The largest absolute Gasteiger partial charge is 0.508 e. The molecule has 0 aliphatic carbocycles. The van der Waals surface area contributed by atoms with Crippen LogP contribution in [0.15, 0.2) is 18.2 Å². The van der Waals surface area contributed by atoms with Crippen molar-refractivity contribution in [3.8, 4) is 11.5 Å². The summed E-state index contributed by atoms with van der Waals surface area (Å²) in [6, 6.07) is 5.42. The van der Waals surface area contributed by atoms with Gasteiger partial charge in [-0.15, -0.1) is 0 Å². The lowest BCUT2D eigenvalue weighted by Crippen LogP contribution is -2.23. The van der Waals surface area contributed by atoms with E-state index in [-0.39, 0.29) is 0 Å². The third-order valence-corrected chi connectivity index (χ3v) is 3.18. The third-order valence-electron chi connectivity index (χ3n) is 3.18. The summed E-state index contributed by atoms with van der Waals surface area (Å²) in [5.74, 6) is 2.36. The first-order valence-electron chi connectivity index (χ1n) is 5.68. The van der Waals surface area contributed by atoms with Gasteiger partial charge in [0.1, 0.15) is 11.5 Å². The van der Waals surface area contributed by atoms with Crippen molar-refractivity contribution in [2.24, 2.45) is 5.92 Å². The molecule has 1 aromatic carbocycles. The van der Waals surface area contributed by atoms with Crippen LogP contribution in [0.25, 0.3) is 0 Å².